The zero-order chi connectivity index (χ0) is 11.5. The predicted molar refractivity (Wildman–Crippen MR) is 71.0 cm³/mol. The van der Waals surface area contributed by atoms with Crippen molar-refractivity contribution in [2.45, 2.75) is 56.8 Å². The predicted octanol–water partition coefficient (Wildman–Crippen LogP) is 3.96. The number of nitrogens with zero attached hydrogens (tertiary/aromatic N) is 2. The van der Waals surface area contributed by atoms with Crippen LogP contribution in [0.15, 0.2) is 12.3 Å². The van der Waals surface area contributed by atoms with E-state index in [0.717, 1.165) is 23.6 Å². The Hall–Kier alpha value is -0.310. The molecule has 0 spiro atoms. The first kappa shape index (κ1) is 12.2. The van der Waals surface area contributed by atoms with Gasteiger partial charge in [-0.05, 0) is 51.0 Å². The summed E-state index contributed by atoms with van der Waals surface area (Å²) in [5.74, 6) is 0.838. The molecule has 16 heavy (non-hydrogen) atoms. The van der Waals surface area contributed by atoms with Crippen molar-refractivity contribution >= 4 is 15.9 Å². The third-order valence-corrected chi connectivity index (χ3v) is 4.51. The minimum absolute atomic E-state index is 0.529. The molecule has 3 atom stereocenters. The van der Waals surface area contributed by atoms with Gasteiger partial charge in [-0.1, -0.05) is 22.9 Å². The Morgan fingerprint density at radius 1 is 1.56 bits per heavy atom. The summed E-state index contributed by atoms with van der Waals surface area (Å²) in [7, 11) is 0. The van der Waals surface area contributed by atoms with E-state index >= 15 is 0 Å². The van der Waals surface area contributed by atoms with Crippen LogP contribution in [-0.2, 0) is 6.42 Å². The van der Waals surface area contributed by atoms with Crippen LogP contribution in [0.4, 0.5) is 0 Å². The molecule has 1 saturated carbocycles. The minimum atomic E-state index is 0.529. The fraction of sp³-hybridized carbons (Fsp3) is 0.769. The van der Waals surface area contributed by atoms with Crippen LogP contribution >= 0.6 is 15.9 Å². The Morgan fingerprint density at radius 3 is 3.00 bits per heavy atom. The van der Waals surface area contributed by atoms with Gasteiger partial charge in [0.25, 0.3) is 0 Å². The lowest BCUT2D eigenvalue weighted by molar-refractivity contribution is 0.465. The first-order valence-electron chi connectivity index (χ1n) is 6.37. The second-order valence-electron chi connectivity index (χ2n) is 5.02. The molecule has 1 heterocycles. The van der Waals surface area contributed by atoms with Gasteiger partial charge in [-0.2, -0.15) is 5.10 Å². The smallest absolute Gasteiger partial charge is 0.0627 e. The summed E-state index contributed by atoms with van der Waals surface area (Å²) in [5, 5.41) is 4.67. The van der Waals surface area contributed by atoms with E-state index < -0.39 is 0 Å². The van der Waals surface area contributed by atoms with Crippen molar-refractivity contribution in [2.24, 2.45) is 5.92 Å². The molecule has 1 aromatic heterocycles. The molecule has 0 amide bonds. The lowest BCUT2D eigenvalue weighted by Gasteiger charge is -2.09. The van der Waals surface area contributed by atoms with Crippen molar-refractivity contribution < 1.29 is 0 Å². The third-order valence-electron chi connectivity index (χ3n) is 3.68. The molecule has 2 nitrogen and oxygen atoms in total. The third kappa shape index (κ3) is 2.88. The quantitative estimate of drug-likeness (QED) is 0.766. The Kier molecular flexibility index (Phi) is 4.06. The van der Waals surface area contributed by atoms with Crippen molar-refractivity contribution in [2.75, 3.05) is 0 Å². The van der Waals surface area contributed by atoms with Crippen LogP contribution in [0.5, 0.6) is 0 Å². The van der Waals surface area contributed by atoms with Crippen LogP contribution in [0.3, 0.4) is 0 Å². The van der Waals surface area contributed by atoms with E-state index in [1.165, 1.54) is 25.0 Å². The zero-order valence-electron chi connectivity index (χ0n) is 10.2. The number of aromatic nitrogens is 2. The molecule has 3 unspecified atom stereocenters. The molecular weight excluding hydrogens is 264 g/mol. The standard InChI is InChI=1S/C13H21BrN2/c1-3-10(2)16-7-6-13(15-16)9-11-4-5-12(14)8-11/h6-7,10-12H,3-5,8-9H2,1-2H3. The fourth-order valence-corrected chi connectivity index (χ4v) is 3.21. The van der Waals surface area contributed by atoms with Gasteiger partial charge < -0.3 is 0 Å². The summed E-state index contributed by atoms with van der Waals surface area (Å²) >= 11 is 3.71. The number of alkyl halides is 1. The topological polar surface area (TPSA) is 17.8 Å². The van der Waals surface area contributed by atoms with Gasteiger partial charge in [-0.3, -0.25) is 4.68 Å². The van der Waals surface area contributed by atoms with Crippen LogP contribution < -0.4 is 0 Å². The Balaban J connectivity index is 1.92. The van der Waals surface area contributed by atoms with Crippen molar-refractivity contribution in [1.82, 2.24) is 9.78 Å². The molecule has 0 radical (unpaired) electrons. The average molecular weight is 285 g/mol. The lowest BCUT2D eigenvalue weighted by Crippen LogP contribution is -2.06. The van der Waals surface area contributed by atoms with Gasteiger partial charge in [0, 0.05) is 17.1 Å². The highest BCUT2D eigenvalue weighted by Gasteiger charge is 2.23. The maximum absolute atomic E-state index is 4.67. The second-order valence-corrected chi connectivity index (χ2v) is 6.32. The first-order chi connectivity index (χ1) is 7.69. The molecule has 3 heteroatoms. The Morgan fingerprint density at radius 2 is 2.38 bits per heavy atom. The highest BCUT2D eigenvalue weighted by Crippen LogP contribution is 2.32. The summed E-state index contributed by atoms with van der Waals surface area (Å²) in [6.07, 6.45) is 8.43. The molecule has 1 fully saturated rings. The minimum Gasteiger partial charge on any atom is -0.270 e. The van der Waals surface area contributed by atoms with Gasteiger partial charge in [0.2, 0.25) is 0 Å². The summed E-state index contributed by atoms with van der Waals surface area (Å²) in [5.41, 5.74) is 1.27. The number of hydrogen-bond donors (Lipinski definition) is 0. The van der Waals surface area contributed by atoms with Gasteiger partial charge in [-0.15, -0.1) is 0 Å². The van der Waals surface area contributed by atoms with Crippen LogP contribution in [-0.4, -0.2) is 14.6 Å². The molecule has 0 saturated heterocycles. The largest absolute Gasteiger partial charge is 0.270 e. The van der Waals surface area contributed by atoms with E-state index in [-0.39, 0.29) is 0 Å². The summed E-state index contributed by atoms with van der Waals surface area (Å²) < 4.78 is 2.11. The summed E-state index contributed by atoms with van der Waals surface area (Å²) in [6.45, 7) is 4.43. The second kappa shape index (κ2) is 5.35. The zero-order valence-corrected chi connectivity index (χ0v) is 11.8. The van der Waals surface area contributed by atoms with Crippen molar-refractivity contribution in [3.8, 4) is 0 Å². The highest BCUT2D eigenvalue weighted by molar-refractivity contribution is 9.09. The SMILES string of the molecule is CCC(C)n1ccc(CC2CCC(Br)C2)n1. The van der Waals surface area contributed by atoms with Crippen molar-refractivity contribution in [3.63, 3.8) is 0 Å². The summed E-state index contributed by atoms with van der Waals surface area (Å²) in [6, 6.07) is 2.72. The normalized spacial score (nSPS) is 27.2. The first-order valence-corrected chi connectivity index (χ1v) is 7.28. The fourth-order valence-electron chi connectivity index (χ4n) is 2.41. The molecule has 0 N–H and O–H groups in total. The molecule has 0 aromatic carbocycles. The van der Waals surface area contributed by atoms with E-state index in [2.05, 4.69) is 51.8 Å². The average Bonchev–Trinajstić information content (AvgIpc) is 2.87. The highest BCUT2D eigenvalue weighted by atomic mass is 79.9. The molecule has 0 aliphatic heterocycles. The van der Waals surface area contributed by atoms with Crippen LogP contribution in [0, 0.1) is 5.92 Å². The van der Waals surface area contributed by atoms with Crippen molar-refractivity contribution in [1.29, 1.82) is 0 Å². The molecule has 0 bridgehead atoms. The van der Waals surface area contributed by atoms with E-state index in [1.807, 2.05) is 0 Å². The van der Waals surface area contributed by atoms with Gasteiger partial charge in [-0.25, -0.2) is 0 Å². The van der Waals surface area contributed by atoms with E-state index in [9.17, 15) is 0 Å². The Bertz CT molecular complexity index is 334. The van der Waals surface area contributed by atoms with Gasteiger partial charge in [0.1, 0.15) is 0 Å². The molecule has 90 valence electrons. The Labute approximate surface area is 107 Å². The van der Waals surface area contributed by atoms with Gasteiger partial charge >= 0.3 is 0 Å². The molecule has 2 rings (SSSR count). The maximum atomic E-state index is 4.67. The van der Waals surface area contributed by atoms with E-state index in [4.69, 9.17) is 0 Å². The van der Waals surface area contributed by atoms with Crippen LogP contribution in [0.1, 0.15) is 51.3 Å². The number of rotatable bonds is 4. The van der Waals surface area contributed by atoms with E-state index in [1.54, 1.807) is 0 Å². The number of hydrogen-bond acceptors (Lipinski definition) is 1. The lowest BCUT2D eigenvalue weighted by atomic mass is 10.0. The molecule has 1 aliphatic carbocycles. The number of halogens is 1. The van der Waals surface area contributed by atoms with E-state index in [0.29, 0.717) is 6.04 Å². The molecule has 1 aromatic rings. The summed E-state index contributed by atoms with van der Waals surface area (Å²) in [4.78, 5) is 0.745. The van der Waals surface area contributed by atoms with Crippen LogP contribution in [0.25, 0.3) is 0 Å². The molecule has 1 aliphatic rings. The van der Waals surface area contributed by atoms with Gasteiger partial charge in [0.05, 0.1) is 5.69 Å². The van der Waals surface area contributed by atoms with Gasteiger partial charge in [0.15, 0.2) is 0 Å². The van der Waals surface area contributed by atoms with Crippen LogP contribution in [0.2, 0.25) is 0 Å². The maximum Gasteiger partial charge on any atom is 0.0627 e. The monoisotopic (exact) mass is 284 g/mol. The molecular formula is C13H21BrN2. The van der Waals surface area contributed by atoms with Crippen molar-refractivity contribution in [3.05, 3.63) is 18.0 Å².